The van der Waals surface area contributed by atoms with Gasteiger partial charge in [-0.25, -0.2) is 9.78 Å². The second kappa shape index (κ2) is 9.79. The van der Waals surface area contributed by atoms with Gasteiger partial charge >= 0.3 is 11.9 Å². The smallest absolute Gasteiger partial charge is 0.348 e. The van der Waals surface area contributed by atoms with E-state index in [1.807, 2.05) is 13.8 Å². The van der Waals surface area contributed by atoms with E-state index in [0.717, 1.165) is 11.3 Å². The molecule has 9 heteroatoms. The maximum absolute atomic E-state index is 13.2. The SMILES string of the molecule is COCCOC(=O)c1sc2nc(C(C)C)n(CCCC(=O)OC)c(=O)c2c1C. The van der Waals surface area contributed by atoms with E-state index in [-0.39, 0.29) is 30.5 Å². The third-order valence-corrected chi connectivity index (χ3v) is 5.46. The van der Waals surface area contributed by atoms with Crippen molar-refractivity contribution in [1.82, 2.24) is 9.55 Å². The highest BCUT2D eigenvalue weighted by molar-refractivity contribution is 7.20. The van der Waals surface area contributed by atoms with Crippen molar-refractivity contribution in [2.75, 3.05) is 27.4 Å². The van der Waals surface area contributed by atoms with E-state index in [2.05, 4.69) is 9.72 Å². The molecule has 0 aliphatic rings. The largest absolute Gasteiger partial charge is 0.469 e. The van der Waals surface area contributed by atoms with Crippen LogP contribution in [-0.4, -0.2) is 48.9 Å². The van der Waals surface area contributed by atoms with Gasteiger partial charge in [0.2, 0.25) is 0 Å². The molecule has 0 radical (unpaired) electrons. The third-order valence-electron chi connectivity index (χ3n) is 4.29. The van der Waals surface area contributed by atoms with Crippen molar-refractivity contribution in [3.05, 3.63) is 26.6 Å². The molecule has 0 saturated carbocycles. The number of methoxy groups -OCH3 is 2. The Balaban J connectivity index is 2.44. The Bertz CT molecular complexity index is 915. The summed E-state index contributed by atoms with van der Waals surface area (Å²) < 4.78 is 16.3. The third kappa shape index (κ3) is 4.77. The molecule has 0 bridgehead atoms. The summed E-state index contributed by atoms with van der Waals surface area (Å²) in [5, 5.41) is 0.422. The predicted molar refractivity (Wildman–Crippen MR) is 106 cm³/mol. The lowest BCUT2D eigenvalue weighted by Gasteiger charge is -2.14. The van der Waals surface area contributed by atoms with Crippen LogP contribution in [0.3, 0.4) is 0 Å². The second-order valence-corrected chi connectivity index (χ2v) is 7.63. The van der Waals surface area contributed by atoms with Crippen molar-refractivity contribution in [2.24, 2.45) is 0 Å². The number of hydrogen-bond acceptors (Lipinski definition) is 8. The van der Waals surface area contributed by atoms with Crippen molar-refractivity contribution in [3.63, 3.8) is 0 Å². The highest BCUT2D eigenvalue weighted by Crippen LogP contribution is 2.29. The van der Waals surface area contributed by atoms with Gasteiger partial charge in [0.15, 0.2) is 0 Å². The summed E-state index contributed by atoms with van der Waals surface area (Å²) in [6.07, 6.45) is 0.687. The Morgan fingerprint density at radius 2 is 1.93 bits per heavy atom. The second-order valence-electron chi connectivity index (χ2n) is 6.63. The Morgan fingerprint density at radius 1 is 1.21 bits per heavy atom. The normalized spacial score (nSPS) is 11.2. The number of aryl methyl sites for hydroxylation is 1. The van der Waals surface area contributed by atoms with Gasteiger partial charge in [-0.15, -0.1) is 11.3 Å². The van der Waals surface area contributed by atoms with Gasteiger partial charge in [0.1, 0.15) is 22.1 Å². The summed E-state index contributed by atoms with van der Waals surface area (Å²) >= 11 is 1.16. The van der Waals surface area contributed by atoms with Crippen LogP contribution < -0.4 is 5.56 Å². The van der Waals surface area contributed by atoms with Crippen molar-refractivity contribution in [2.45, 2.75) is 46.1 Å². The van der Waals surface area contributed by atoms with Crippen LogP contribution in [0.2, 0.25) is 0 Å². The monoisotopic (exact) mass is 410 g/mol. The molecule has 154 valence electrons. The van der Waals surface area contributed by atoms with E-state index in [1.54, 1.807) is 11.5 Å². The quantitative estimate of drug-likeness (QED) is 0.463. The highest BCUT2D eigenvalue weighted by atomic mass is 32.1. The highest BCUT2D eigenvalue weighted by Gasteiger charge is 2.23. The molecule has 0 fully saturated rings. The van der Waals surface area contributed by atoms with Gasteiger partial charge in [-0.1, -0.05) is 13.8 Å². The standard InChI is InChI=1S/C19H26N2O6S/c1-11(2)16-20-17-14(18(23)21(16)8-6-7-13(22)26-5)12(3)15(28-17)19(24)27-10-9-25-4/h11H,6-10H2,1-5H3. The molecule has 0 spiro atoms. The Kier molecular flexibility index (Phi) is 7.70. The number of carbonyl (C=O) groups excluding carboxylic acids is 2. The lowest BCUT2D eigenvalue weighted by molar-refractivity contribution is -0.140. The molecule has 8 nitrogen and oxygen atoms in total. The van der Waals surface area contributed by atoms with Crippen molar-refractivity contribution in [3.8, 4) is 0 Å². The van der Waals surface area contributed by atoms with Gasteiger partial charge in [-0.2, -0.15) is 0 Å². The zero-order valence-corrected chi connectivity index (χ0v) is 17.7. The molecule has 2 rings (SSSR count). The van der Waals surface area contributed by atoms with E-state index in [1.165, 1.54) is 14.2 Å². The molecule has 0 aliphatic carbocycles. The van der Waals surface area contributed by atoms with E-state index >= 15 is 0 Å². The molecular formula is C19H26N2O6S. The predicted octanol–water partition coefficient (Wildman–Crippen LogP) is 2.65. The van der Waals surface area contributed by atoms with Gasteiger partial charge in [0.05, 0.1) is 19.1 Å². The van der Waals surface area contributed by atoms with E-state index in [9.17, 15) is 14.4 Å². The van der Waals surface area contributed by atoms with Crippen molar-refractivity contribution >= 4 is 33.5 Å². The lowest BCUT2D eigenvalue weighted by Crippen LogP contribution is -2.26. The first-order valence-corrected chi connectivity index (χ1v) is 9.90. The first kappa shape index (κ1) is 22.0. The molecule has 0 aromatic carbocycles. The fourth-order valence-corrected chi connectivity index (χ4v) is 3.92. The van der Waals surface area contributed by atoms with Crippen molar-refractivity contribution < 1.29 is 23.8 Å². The summed E-state index contributed by atoms with van der Waals surface area (Å²) in [6, 6.07) is 0. The molecule has 0 atom stereocenters. The topological polar surface area (TPSA) is 96.7 Å². The molecule has 0 amide bonds. The van der Waals surface area contributed by atoms with E-state index in [4.69, 9.17) is 9.47 Å². The summed E-state index contributed by atoms with van der Waals surface area (Å²) in [5.41, 5.74) is 0.361. The minimum absolute atomic E-state index is 0.00902. The zero-order valence-electron chi connectivity index (χ0n) is 16.9. The van der Waals surface area contributed by atoms with Crippen LogP contribution in [0.1, 0.15) is 53.7 Å². The van der Waals surface area contributed by atoms with Crippen LogP contribution in [0.4, 0.5) is 0 Å². The number of fused-ring (bicyclic) bond motifs is 1. The number of ether oxygens (including phenoxy) is 3. The molecular weight excluding hydrogens is 384 g/mol. The maximum Gasteiger partial charge on any atom is 0.348 e. The minimum atomic E-state index is -0.486. The molecule has 2 heterocycles. The van der Waals surface area contributed by atoms with Gasteiger partial charge in [-0.3, -0.25) is 14.2 Å². The molecule has 0 aliphatic heterocycles. The first-order chi connectivity index (χ1) is 13.3. The Morgan fingerprint density at radius 3 is 2.54 bits per heavy atom. The summed E-state index contributed by atoms with van der Waals surface area (Å²) in [7, 11) is 2.86. The van der Waals surface area contributed by atoms with Crippen LogP contribution in [0.5, 0.6) is 0 Å². The lowest BCUT2D eigenvalue weighted by atomic mass is 10.1. The number of carbonyl (C=O) groups is 2. The van der Waals surface area contributed by atoms with Gasteiger partial charge in [0.25, 0.3) is 5.56 Å². The summed E-state index contributed by atoms with van der Waals surface area (Å²) in [5.74, 6) is -0.168. The molecule has 0 N–H and O–H groups in total. The maximum atomic E-state index is 13.2. The fourth-order valence-electron chi connectivity index (χ4n) is 2.85. The number of aromatic nitrogens is 2. The number of esters is 2. The first-order valence-electron chi connectivity index (χ1n) is 9.08. The summed E-state index contributed by atoms with van der Waals surface area (Å²) in [4.78, 5) is 42.4. The number of nitrogens with zero attached hydrogens (tertiary/aromatic N) is 2. The van der Waals surface area contributed by atoms with E-state index < -0.39 is 5.97 Å². The van der Waals surface area contributed by atoms with Crippen LogP contribution in [0.25, 0.3) is 10.2 Å². The minimum Gasteiger partial charge on any atom is -0.469 e. The van der Waals surface area contributed by atoms with Crippen LogP contribution >= 0.6 is 11.3 Å². The molecule has 2 aromatic heterocycles. The Hall–Kier alpha value is -2.26. The number of thiophene rings is 1. The van der Waals surface area contributed by atoms with Gasteiger partial charge in [-0.05, 0) is 18.9 Å². The van der Waals surface area contributed by atoms with Crippen LogP contribution in [0, 0.1) is 6.92 Å². The van der Waals surface area contributed by atoms with Crippen molar-refractivity contribution in [1.29, 1.82) is 0 Å². The van der Waals surface area contributed by atoms with Gasteiger partial charge < -0.3 is 14.2 Å². The fraction of sp³-hybridized carbons (Fsp3) is 0.579. The average molecular weight is 410 g/mol. The molecule has 0 saturated heterocycles. The average Bonchev–Trinajstić information content (AvgIpc) is 2.99. The van der Waals surface area contributed by atoms with E-state index in [0.29, 0.717) is 46.1 Å². The van der Waals surface area contributed by atoms with Gasteiger partial charge in [0, 0.05) is 26.0 Å². The zero-order chi connectivity index (χ0) is 20.8. The number of rotatable bonds is 9. The Labute approximate surface area is 167 Å². The molecule has 28 heavy (non-hydrogen) atoms. The van der Waals surface area contributed by atoms with Crippen LogP contribution in [-0.2, 0) is 25.5 Å². The molecule has 2 aromatic rings. The number of hydrogen-bond donors (Lipinski definition) is 0. The summed E-state index contributed by atoms with van der Waals surface area (Å²) in [6.45, 7) is 6.43. The van der Waals surface area contributed by atoms with Crippen LogP contribution in [0.15, 0.2) is 4.79 Å². The molecule has 0 unspecified atom stereocenters.